The predicted molar refractivity (Wildman–Crippen MR) is 58.3 cm³/mol. The van der Waals surface area contributed by atoms with E-state index >= 15 is 0 Å². The van der Waals surface area contributed by atoms with E-state index in [4.69, 9.17) is 0 Å². The second-order valence-corrected chi connectivity index (χ2v) is 5.46. The van der Waals surface area contributed by atoms with Crippen LogP contribution in [0, 0.1) is 5.92 Å². The van der Waals surface area contributed by atoms with E-state index in [2.05, 4.69) is 10.2 Å². The van der Waals surface area contributed by atoms with E-state index in [1.54, 1.807) is 0 Å². The predicted octanol–water partition coefficient (Wildman–Crippen LogP) is 1.61. The minimum absolute atomic E-state index is 0.845. The molecule has 2 nitrogen and oxygen atoms in total. The van der Waals surface area contributed by atoms with Crippen LogP contribution in [0.25, 0.3) is 0 Å². The number of nitrogens with one attached hydrogen (secondary N) is 1. The molecule has 0 aromatic carbocycles. The number of hydrogen-bond donors (Lipinski definition) is 1. The second kappa shape index (κ2) is 3.82. The molecular formula is C12H22N2. The van der Waals surface area contributed by atoms with E-state index in [0.717, 1.165) is 18.0 Å². The molecule has 2 heteroatoms. The lowest BCUT2D eigenvalue weighted by Gasteiger charge is -2.32. The summed E-state index contributed by atoms with van der Waals surface area (Å²) < 4.78 is 0. The first-order chi connectivity index (χ1) is 6.90. The molecule has 1 saturated heterocycles. The van der Waals surface area contributed by atoms with E-state index in [0.29, 0.717) is 0 Å². The summed E-state index contributed by atoms with van der Waals surface area (Å²) in [6.07, 6.45) is 8.65. The van der Waals surface area contributed by atoms with Crippen molar-refractivity contribution >= 4 is 0 Å². The minimum Gasteiger partial charge on any atom is -0.311 e. The summed E-state index contributed by atoms with van der Waals surface area (Å²) in [4.78, 5) is 2.68. The molecule has 0 aromatic rings. The molecule has 1 heterocycles. The fourth-order valence-electron chi connectivity index (χ4n) is 2.53. The molecule has 0 amide bonds. The topological polar surface area (TPSA) is 15.3 Å². The Morgan fingerprint density at radius 3 is 2.07 bits per heavy atom. The van der Waals surface area contributed by atoms with Crippen molar-refractivity contribution < 1.29 is 0 Å². The maximum absolute atomic E-state index is 3.76. The molecule has 14 heavy (non-hydrogen) atoms. The summed E-state index contributed by atoms with van der Waals surface area (Å²) >= 11 is 0. The van der Waals surface area contributed by atoms with E-state index in [1.807, 2.05) is 0 Å². The molecule has 0 radical (unpaired) electrons. The Balaban J connectivity index is 1.37. The Morgan fingerprint density at radius 1 is 0.857 bits per heavy atom. The molecule has 2 aliphatic carbocycles. The van der Waals surface area contributed by atoms with Gasteiger partial charge in [-0.1, -0.05) is 0 Å². The molecule has 80 valence electrons. The SMILES string of the molecule is C1CC1CN1CCC(NC2CC2)CC1. The van der Waals surface area contributed by atoms with Gasteiger partial charge in [-0.15, -0.1) is 0 Å². The van der Waals surface area contributed by atoms with Gasteiger partial charge in [-0.2, -0.15) is 0 Å². The van der Waals surface area contributed by atoms with Crippen LogP contribution in [-0.2, 0) is 0 Å². The first kappa shape index (κ1) is 9.17. The molecule has 3 rings (SSSR count). The van der Waals surface area contributed by atoms with Gasteiger partial charge < -0.3 is 10.2 Å². The lowest BCUT2D eigenvalue weighted by Crippen LogP contribution is -2.43. The van der Waals surface area contributed by atoms with Crippen molar-refractivity contribution in [2.75, 3.05) is 19.6 Å². The van der Waals surface area contributed by atoms with Gasteiger partial charge in [0.1, 0.15) is 0 Å². The number of hydrogen-bond acceptors (Lipinski definition) is 2. The van der Waals surface area contributed by atoms with Gasteiger partial charge in [0.05, 0.1) is 0 Å². The quantitative estimate of drug-likeness (QED) is 0.731. The van der Waals surface area contributed by atoms with E-state index in [-0.39, 0.29) is 0 Å². The highest BCUT2D eigenvalue weighted by atomic mass is 15.1. The molecule has 0 atom stereocenters. The summed E-state index contributed by atoms with van der Waals surface area (Å²) in [7, 11) is 0. The molecule has 3 aliphatic rings. The van der Waals surface area contributed by atoms with Crippen LogP contribution in [0.5, 0.6) is 0 Å². The van der Waals surface area contributed by atoms with Crippen molar-refractivity contribution in [3.05, 3.63) is 0 Å². The van der Waals surface area contributed by atoms with Gasteiger partial charge in [0.15, 0.2) is 0 Å². The van der Waals surface area contributed by atoms with Gasteiger partial charge in [-0.25, -0.2) is 0 Å². The first-order valence-electron chi connectivity index (χ1n) is 6.38. The molecular weight excluding hydrogens is 172 g/mol. The van der Waals surface area contributed by atoms with Crippen molar-refractivity contribution in [3.8, 4) is 0 Å². The van der Waals surface area contributed by atoms with Crippen molar-refractivity contribution in [2.24, 2.45) is 5.92 Å². The van der Waals surface area contributed by atoms with Crippen LogP contribution in [0.4, 0.5) is 0 Å². The van der Waals surface area contributed by atoms with Crippen molar-refractivity contribution in [1.82, 2.24) is 10.2 Å². The summed E-state index contributed by atoms with van der Waals surface area (Å²) in [6.45, 7) is 4.10. The monoisotopic (exact) mass is 194 g/mol. The average Bonchev–Trinajstić information content (AvgIpc) is 3.02. The van der Waals surface area contributed by atoms with Crippen molar-refractivity contribution in [1.29, 1.82) is 0 Å². The third kappa shape index (κ3) is 2.48. The van der Waals surface area contributed by atoms with Gasteiger partial charge in [0.25, 0.3) is 0 Å². The lowest BCUT2D eigenvalue weighted by molar-refractivity contribution is 0.190. The fraction of sp³-hybridized carbons (Fsp3) is 1.00. The van der Waals surface area contributed by atoms with E-state index < -0.39 is 0 Å². The summed E-state index contributed by atoms with van der Waals surface area (Å²) in [6, 6.07) is 1.74. The third-order valence-electron chi connectivity index (χ3n) is 3.85. The molecule has 3 fully saturated rings. The molecule has 0 unspecified atom stereocenters. The molecule has 0 aromatic heterocycles. The Labute approximate surface area is 87.0 Å². The molecule has 1 N–H and O–H groups in total. The Hall–Kier alpha value is -0.0800. The van der Waals surface area contributed by atoms with Gasteiger partial charge in [0.2, 0.25) is 0 Å². The largest absolute Gasteiger partial charge is 0.311 e. The fourth-order valence-corrected chi connectivity index (χ4v) is 2.53. The van der Waals surface area contributed by atoms with Crippen molar-refractivity contribution in [2.45, 2.75) is 50.6 Å². The van der Waals surface area contributed by atoms with Crippen LogP contribution < -0.4 is 5.32 Å². The summed E-state index contributed by atoms with van der Waals surface area (Å²) in [5.41, 5.74) is 0. The zero-order chi connectivity index (χ0) is 9.38. The number of likely N-dealkylation sites (tertiary alicyclic amines) is 1. The van der Waals surface area contributed by atoms with Gasteiger partial charge in [0, 0.05) is 18.6 Å². The van der Waals surface area contributed by atoms with Crippen LogP contribution in [0.2, 0.25) is 0 Å². The third-order valence-corrected chi connectivity index (χ3v) is 3.85. The number of rotatable bonds is 4. The number of piperidine rings is 1. The molecule has 0 spiro atoms. The summed E-state index contributed by atoms with van der Waals surface area (Å²) in [5.74, 6) is 1.07. The average molecular weight is 194 g/mol. The molecule has 0 bridgehead atoms. The van der Waals surface area contributed by atoms with Gasteiger partial charge in [-0.3, -0.25) is 0 Å². The smallest absolute Gasteiger partial charge is 0.00940 e. The molecule has 2 saturated carbocycles. The highest BCUT2D eigenvalue weighted by Gasteiger charge is 2.29. The highest BCUT2D eigenvalue weighted by molar-refractivity contribution is 4.88. The van der Waals surface area contributed by atoms with Gasteiger partial charge in [-0.05, 0) is 57.5 Å². The maximum atomic E-state index is 3.76. The van der Waals surface area contributed by atoms with E-state index in [9.17, 15) is 0 Å². The second-order valence-electron chi connectivity index (χ2n) is 5.46. The zero-order valence-electron chi connectivity index (χ0n) is 9.04. The maximum Gasteiger partial charge on any atom is 0.00940 e. The molecule has 1 aliphatic heterocycles. The van der Waals surface area contributed by atoms with Crippen molar-refractivity contribution in [3.63, 3.8) is 0 Å². The van der Waals surface area contributed by atoms with Crippen LogP contribution in [0.3, 0.4) is 0 Å². The lowest BCUT2D eigenvalue weighted by atomic mass is 10.0. The van der Waals surface area contributed by atoms with E-state index in [1.165, 1.54) is 58.2 Å². The Bertz CT molecular complexity index is 166. The normalized spacial score (nSPS) is 30.9. The number of nitrogens with zero attached hydrogens (tertiary/aromatic N) is 1. The first-order valence-corrected chi connectivity index (χ1v) is 6.38. The van der Waals surface area contributed by atoms with Crippen LogP contribution in [-0.4, -0.2) is 36.6 Å². The highest BCUT2D eigenvalue weighted by Crippen LogP contribution is 2.30. The van der Waals surface area contributed by atoms with Crippen LogP contribution >= 0.6 is 0 Å². The Morgan fingerprint density at radius 2 is 1.50 bits per heavy atom. The minimum atomic E-state index is 0.845. The standard InChI is InChI=1S/C12H22N2/c1-2-10(1)9-14-7-5-12(6-8-14)13-11-3-4-11/h10-13H,1-9H2. The Kier molecular flexibility index (Phi) is 2.50. The van der Waals surface area contributed by atoms with Crippen LogP contribution in [0.1, 0.15) is 38.5 Å². The van der Waals surface area contributed by atoms with Crippen LogP contribution in [0.15, 0.2) is 0 Å². The zero-order valence-corrected chi connectivity index (χ0v) is 9.04. The van der Waals surface area contributed by atoms with Gasteiger partial charge >= 0.3 is 0 Å². The summed E-state index contributed by atoms with van der Waals surface area (Å²) in [5, 5.41) is 3.76.